The summed E-state index contributed by atoms with van der Waals surface area (Å²) in [7, 11) is 0. The Balaban J connectivity index is 1.40. The molecule has 1 unspecified atom stereocenters. The maximum absolute atomic E-state index is 12.5. The molecule has 0 radical (unpaired) electrons. The normalized spacial score (nSPS) is 37.4. The molecule has 2 saturated carbocycles. The van der Waals surface area contributed by atoms with E-state index in [0.29, 0.717) is 30.3 Å². The third kappa shape index (κ3) is 2.76. The van der Waals surface area contributed by atoms with Crippen LogP contribution >= 0.6 is 0 Å². The zero-order valence-corrected chi connectivity index (χ0v) is 20.3. The van der Waals surface area contributed by atoms with Crippen molar-refractivity contribution < 1.29 is 24.5 Å². The highest BCUT2D eigenvalue weighted by Crippen LogP contribution is 2.68. The quantitative estimate of drug-likeness (QED) is 0.290. The molecule has 5 aliphatic rings. The fourth-order valence-corrected chi connectivity index (χ4v) is 7.62. The number of aliphatic hydroxyl groups is 2. The first-order chi connectivity index (χ1) is 16.3. The molecule has 3 aliphatic carbocycles. The van der Waals surface area contributed by atoms with Crippen molar-refractivity contribution in [1.29, 1.82) is 0 Å². The average Bonchev–Trinajstić information content (AvgIpc) is 3.13. The molecular weight excluding hydrogens is 430 g/mol. The number of allylic oxidation sites excluding steroid dienone is 3. The maximum Gasteiger partial charge on any atom is 0.336 e. The average molecular weight is 466 g/mol. The molecule has 0 bridgehead atoms. The van der Waals surface area contributed by atoms with E-state index in [2.05, 4.69) is 11.8 Å². The van der Waals surface area contributed by atoms with Crippen molar-refractivity contribution in [2.45, 2.75) is 94.6 Å². The third-order valence-corrected chi connectivity index (χ3v) is 9.27. The molecule has 0 aromatic heterocycles. The van der Waals surface area contributed by atoms with E-state index >= 15 is 0 Å². The van der Waals surface area contributed by atoms with Crippen LogP contribution in [0.15, 0.2) is 35.9 Å². The number of esters is 1. The monoisotopic (exact) mass is 465 g/mol. The van der Waals surface area contributed by atoms with Crippen LogP contribution in [-0.2, 0) is 16.6 Å². The molecule has 34 heavy (non-hydrogen) atoms. The van der Waals surface area contributed by atoms with Gasteiger partial charge in [0.15, 0.2) is 11.5 Å². The van der Waals surface area contributed by atoms with E-state index < -0.39 is 29.2 Å². The molecule has 0 spiro atoms. The number of hydrogen-bond donors (Lipinski definition) is 2. The molecule has 6 atom stereocenters. The highest BCUT2D eigenvalue weighted by Gasteiger charge is 2.79. The van der Waals surface area contributed by atoms with Crippen LogP contribution in [-0.4, -0.2) is 57.5 Å². The van der Waals surface area contributed by atoms with Crippen LogP contribution in [0, 0.1) is 5.92 Å². The van der Waals surface area contributed by atoms with Gasteiger partial charge in [-0.2, -0.15) is 0 Å². The molecule has 3 fully saturated rings. The van der Waals surface area contributed by atoms with Gasteiger partial charge in [-0.05, 0) is 63.5 Å². The molecule has 6 nitrogen and oxygen atoms in total. The molecule has 6 heteroatoms. The highest BCUT2D eigenvalue weighted by molar-refractivity contribution is 5.85. The molecule has 2 heterocycles. The second kappa shape index (κ2) is 7.67. The number of carbonyl (C=O) groups excluding carboxylic acids is 1. The lowest BCUT2D eigenvalue weighted by molar-refractivity contribution is -0.294. The molecule has 1 saturated heterocycles. The first-order valence-corrected chi connectivity index (χ1v) is 12.8. The first-order valence-electron chi connectivity index (χ1n) is 12.8. The molecule has 6 rings (SSSR count). The predicted molar refractivity (Wildman–Crippen MR) is 128 cm³/mol. The van der Waals surface area contributed by atoms with Gasteiger partial charge in [0.1, 0.15) is 11.7 Å². The van der Waals surface area contributed by atoms with Gasteiger partial charge in [0.25, 0.3) is 0 Å². The number of nitrogens with zero attached hydrogens (tertiary/aromatic N) is 1. The minimum Gasteiger partial charge on any atom is -0.482 e. The summed E-state index contributed by atoms with van der Waals surface area (Å²) in [4.78, 5) is 15.0. The largest absolute Gasteiger partial charge is 0.482 e. The number of ether oxygens (including phenoxy) is 2. The van der Waals surface area contributed by atoms with Gasteiger partial charge in [0, 0.05) is 30.3 Å². The zero-order chi connectivity index (χ0) is 23.8. The lowest BCUT2D eigenvalue weighted by atomic mass is 9.44. The van der Waals surface area contributed by atoms with Gasteiger partial charge in [-0.15, -0.1) is 0 Å². The Hall–Kier alpha value is -2.15. The molecule has 2 N–H and O–H groups in total. The SMILES string of the molecule is CC[C@]12c3c4ccc(OC(=O)/C=C/C=C(C)C)c3O[C@H]1[C@@H](O)CC1N(CC3CCC3)[C@H](C4)[C@]12O. The predicted octanol–water partition coefficient (Wildman–Crippen LogP) is 3.43. The Kier molecular flexibility index (Phi) is 5.04. The van der Waals surface area contributed by atoms with Crippen LogP contribution in [0.2, 0.25) is 0 Å². The fourth-order valence-electron chi connectivity index (χ4n) is 7.62. The topological polar surface area (TPSA) is 79.2 Å². The van der Waals surface area contributed by atoms with Crippen molar-refractivity contribution in [2.75, 3.05) is 6.54 Å². The Labute approximate surface area is 201 Å². The maximum atomic E-state index is 12.5. The summed E-state index contributed by atoms with van der Waals surface area (Å²) < 4.78 is 12.1. The Morgan fingerprint density at radius 3 is 2.76 bits per heavy atom. The van der Waals surface area contributed by atoms with Crippen LogP contribution in [0.1, 0.15) is 64.0 Å². The summed E-state index contributed by atoms with van der Waals surface area (Å²) in [5.41, 5.74) is 1.54. The number of likely N-dealkylation sites (tertiary alicyclic amines) is 1. The van der Waals surface area contributed by atoms with E-state index in [1.165, 1.54) is 25.3 Å². The first kappa shape index (κ1) is 22.3. The Morgan fingerprint density at radius 1 is 1.29 bits per heavy atom. The van der Waals surface area contributed by atoms with E-state index in [1.54, 1.807) is 6.08 Å². The second-order valence-corrected chi connectivity index (χ2v) is 11.2. The van der Waals surface area contributed by atoms with Crippen molar-refractivity contribution >= 4 is 5.97 Å². The van der Waals surface area contributed by atoms with Crippen LogP contribution in [0.25, 0.3) is 0 Å². The summed E-state index contributed by atoms with van der Waals surface area (Å²) in [6, 6.07) is 3.81. The minimum absolute atomic E-state index is 0.0375. The van der Waals surface area contributed by atoms with Crippen molar-refractivity contribution in [3.05, 3.63) is 47.1 Å². The molecule has 1 aromatic carbocycles. The summed E-state index contributed by atoms with van der Waals surface area (Å²) in [5.74, 6) is 1.12. The molecule has 2 aliphatic heterocycles. The summed E-state index contributed by atoms with van der Waals surface area (Å²) in [5, 5.41) is 23.7. The molecule has 1 aromatic rings. The lowest BCUT2D eigenvalue weighted by Crippen LogP contribution is -2.89. The Morgan fingerprint density at radius 2 is 2.09 bits per heavy atom. The molecular formula is C28H35NO5. The van der Waals surface area contributed by atoms with E-state index in [1.807, 2.05) is 32.1 Å². The van der Waals surface area contributed by atoms with Gasteiger partial charge in [0.05, 0.1) is 11.5 Å². The van der Waals surface area contributed by atoms with Gasteiger partial charge in [-0.1, -0.05) is 37.1 Å². The van der Waals surface area contributed by atoms with E-state index in [0.717, 1.165) is 29.7 Å². The number of hydrogen-bond acceptors (Lipinski definition) is 6. The van der Waals surface area contributed by atoms with Gasteiger partial charge in [-0.25, -0.2) is 4.79 Å². The minimum atomic E-state index is -0.945. The van der Waals surface area contributed by atoms with Crippen LogP contribution in [0.4, 0.5) is 0 Å². The number of rotatable bonds is 6. The van der Waals surface area contributed by atoms with Crippen molar-refractivity contribution in [3.8, 4) is 11.5 Å². The van der Waals surface area contributed by atoms with Crippen molar-refractivity contribution in [1.82, 2.24) is 4.90 Å². The Bertz CT molecular complexity index is 1090. The fraction of sp³-hybridized carbons (Fsp3) is 0.607. The van der Waals surface area contributed by atoms with Gasteiger partial charge < -0.3 is 19.7 Å². The van der Waals surface area contributed by atoms with Gasteiger partial charge in [-0.3, -0.25) is 4.90 Å². The van der Waals surface area contributed by atoms with Gasteiger partial charge in [0.2, 0.25) is 0 Å². The number of aliphatic hydroxyl groups excluding tert-OH is 1. The third-order valence-electron chi connectivity index (χ3n) is 9.27. The summed E-state index contributed by atoms with van der Waals surface area (Å²) >= 11 is 0. The molecule has 182 valence electrons. The van der Waals surface area contributed by atoms with Crippen molar-refractivity contribution in [3.63, 3.8) is 0 Å². The van der Waals surface area contributed by atoms with Crippen LogP contribution in [0.3, 0.4) is 0 Å². The summed E-state index contributed by atoms with van der Waals surface area (Å²) in [6.45, 7) is 7.01. The highest BCUT2D eigenvalue weighted by atomic mass is 16.6. The number of carbonyl (C=O) groups is 1. The lowest BCUT2D eigenvalue weighted by Gasteiger charge is -2.73. The smallest absolute Gasteiger partial charge is 0.336 e. The van der Waals surface area contributed by atoms with E-state index in [9.17, 15) is 15.0 Å². The second-order valence-electron chi connectivity index (χ2n) is 11.2. The van der Waals surface area contributed by atoms with Gasteiger partial charge >= 0.3 is 5.97 Å². The van der Waals surface area contributed by atoms with E-state index in [4.69, 9.17) is 9.47 Å². The van der Waals surface area contributed by atoms with Crippen molar-refractivity contribution in [2.24, 2.45) is 5.92 Å². The summed E-state index contributed by atoms with van der Waals surface area (Å²) in [6.07, 6.45) is 9.45. The van der Waals surface area contributed by atoms with Crippen LogP contribution in [0.5, 0.6) is 11.5 Å². The standard InChI is InChI=1S/C28H35NO5/c1-4-27-24-18-11-12-20(33-23(31)10-5-7-16(2)3)25(24)34-26(27)19(30)14-22-28(27,32)21(13-18)29(22)15-17-8-6-9-17/h5,7,10-12,17,19,21-22,26,30,32H,4,6,8-9,13-15H2,1-3H3/b10-5+/t19-,21+,22?,26-,27-,28-/m0/s1. The number of benzene rings is 1. The van der Waals surface area contributed by atoms with Crippen LogP contribution < -0.4 is 9.47 Å². The zero-order valence-electron chi connectivity index (χ0n) is 20.3. The molecule has 0 amide bonds. The van der Waals surface area contributed by atoms with E-state index in [-0.39, 0.29) is 12.1 Å².